The third-order valence-electron chi connectivity index (χ3n) is 6.49. The minimum absolute atomic E-state index is 0.0479. The first-order valence-corrected chi connectivity index (χ1v) is 13.9. The molecule has 3 heterocycles. The Hall–Kier alpha value is -3.82. The van der Waals surface area contributed by atoms with Gasteiger partial charge in [-0.1, -0.05) is 6.92 Å². The molecule has 16 heteroatoms. The highest BCUT2D eigenvalue weighted by Crippen LogP contribution is 2.35. The average molecular weight is 658 g/mol. The van der Waals surface area contributed by atoms with Crippen LogP contribution in [0.15, 0.2) is 27.7 Å². The second-order valence-electron chi connectivity index (χ2n) is 10.5. The molecule has 4 rings (SSSR count). The first-order chi connectivity index (χ1) is 19.6. The van der Waals surface area contributed by atoms with Gasteiger partial charge in [-0.3, -0.25) is 9.59 Å². The number of hydrogen-bond donors (Lipinski definition) is 1. The van der Waals surface area contributed by atoms with Gasteiger partial charge in [0.2, 0.25) is 16.4 Å². The predicted molar refractivity (Wildman–Crippen MR) is 151 cm³/mol. The van der Waals surface area contributed by atoms with Crippen molar-refractivity contribution >= 4 is 45.1 Å². The summed E-state index contributed by atoms with van der Waals surface area (Å²) in [5, 5.41) is 6.75. The van der Waals surface area contributed by atoms with E-state index >= 15 is 0 Å². The number of nitrogens with zero attached hydrogens (tertiary/aromatic N) is 6. The summed E-state index contributed by atoms with van der Waals surface area (Å²) < 4.78 is 52.8. The van der Waals surface area contributed by atoms with Crippen LogP contribution in [0.3, 0.4) is 0 Å². The van der Waals surface area contributed by atoms with E-state index in [0.717, 1.165) is 22.7 Å². The van der Waals surface area contributed by atoms with Crippen LogP contribution in [0.4, 0.5) is 29.3 Å². The summed E-state index contributed by atoms with van der Waals surface area (Å²) in [4.78, 5) is 47.1. The minimum Gasteiger partial charge on any atom is -0.495 e. The Labute approximate surface area is 247 Å². The fourth-order valence-corrected chi connectivity index (χ4v) is 4.97. The smallest absolute Gasteiger partial charge is 0.416 e. The molecule has 1 aliphatic heterocycles. The molecule has 1 aromatic carbocycles. The largest absolute Gasteiger partial charge is 0.495 e. The van der Waals surface area contributed by atoms with Crippen molar-refractivity contribution in [2.45, 2.75) is 52.4 Å². The number of alkyl halides is 3. The molecular weight excluding hydrogens is 627 g/mol. The quantitative estimate of drug-likeness (QED) is 0.423. The maximum Gasteiger partial charge on any atom is 0.416 e. The Morgan fingerprint density at radius 2 is 1.79 bits per heavy atom. The van der Waals surface area contributed by atoms with Gasteiger partial charge < -0.3 is 29.2 Å². The van der Waals surface area contributed by atoms with Crippen LogP contribution in [0.5, 0.6) is 5.75 Å². The van der Waals surface area contributed by atoms with Crippen LogP contribution in [-0.4, -0.2) is 75.0 Å². The molecular formula is C26H31BrF3N7O5. The van der Waals surface area contributed by atoms with Gasteiger partial charge in [-0.15, -0.1) is 5.10 Å². The van der Waals surface area contributed by atoms with Crippen molar-refractivity contribution in [3.8, 4) is 5.75 Å². The number of amides is 2. The van der Waals surface area contributed by atoms with E-state index in [0.29, 0.717) is 44.0 Å². The molecule has 12 nitrogen and oxygen atoms in total. The van der Waals surface area contributed by atoms with E-state index in [1.807, 2.05) is 11.8 Å². The number of hydrogen-bond acceptors (Lipinski definition) is 8. The van der Waals surface area contributed by atoms with Gasteiger partial charge in [0.1, 0.15) is 23.6 Å². The highest BCUT2D eigenvalue weighted by Gasteiger charge is 2.32. The van der Waals surface area contributed by atoms with E-state index in [2.05, 4.69) is 31.3 Å². The minimum atomic E-state index is -4.58. The van der Waals surface area contributed by atoms with Crippen molar-refractivity contribution in [1.29, 1.82) is 0 Å². The lowest BCUT2D eigenvalue weighted by molar-refractivity contribution is -0.137. The molecule has 228 valence electrons. The molecule has 1 saturated heterocycles. The van der Waals surface area contributed by atoms with E-state index in [9.17, 15) is 27.6 Å². The maximum absolute atomic E-state index is 13.6. The molecule has 3 aromatic rings. The normalized spacial score (nSPS) is 14.3. The zero-order chi connectivity index (χ0) is 31.0. The first-order valence-electron chi connectivity index (χ1n) is 13.1. The number of carbonyl (C=O) groups is 2. The van der Waals surface area contributed by atoms with Crippen LogP contribution in [0.25, 0.3) is 5.78 Å². The number of nitrogens with one attached hydrogen (secondary N) is 1. The van der Waals surface area contributed by atoms with Crippen molar-refractivity contribution in [2.75, 3.05) is 43.5 Å². The summed E-state index contributed by atoms with van der Waals surface area (Å²) >= 11 is 3.19. The summed E-state index contributed by atoms with van der Waals surface area (Å²) in [5.41, 5.74) is -1.14. The fraction of sp³-hybridized carbons (Fsp3) is 0.500. The number of methoxy groups -OCH3 is 1. The van der Waals surface area contributed by atoms with E-state index in [-0.39, 0.29) is 28.5 Å². The van der Waals surface area contributed by atoms with Crippen LogP contribution in [0.1, 0.15) is 39.0 Å². The van der Waals surface area contributed by atoms with Gasteiger partial charge in [0, 0.05) is 26.2 Å². The summed E-state index contributed by atoms with van der Waals surface area (Å²) in [6.45, 7) is 8.13. The molecule has 0 spiro atoms. The first kappa shape index (κ1) is 31.1. The van der Waals surface area contributed by atoms with E-state index in [1.165, 1.54) is 7.11 Å². The number of rotatable bonds is 6. The lowest BCUT2D eigenvalue weighted by atomic mass is 10.1. The van der Waals surface area contributed by atoms with E-state index in [4.69, 9.17) is 9.47 Å². The number of anilines is 2. The molecule has 1 fully saturated rings. The lowest BCUT2D eigenvalue weighted by Gasteiger charge is -2.37. The highest BCUT2D eigenvalue weighted by molar-refractivity contribution is 9.10. The molecule has 0 unspecified atom stereocenters. The molecule has 0 atom stereocenters. The highest BCUT2D eigenvalue weighted by atomic mass is 79.9. The second kappa shape index (κ2) is 11.8. The van der Waals surface area contributed by atoms with Gasteiger partial charge in [-0.25, -0.2) is 4.79 Å². The third kappa shape index (κ3) is 6.63. The average Bonchev–Trinajstić information content (AvgIpc) is 3.30. The summed E-state index contributed by atoms with van der Waals surface area (Å²) in [7, 11) is 1.20. The number of fused-ring (bicyclic) bond motifs is 1. The lowest BCUT2D eigenvalue weighted by Crippen LogP contribution is -2.51. The molecule has 2 aromatic heterocycles. The molecule has 0 saturated carbocycles. The van der Waals surface area contributed by atoms with Gasteiger partial charge in [0.15, 0.2) is 0 Å². The van der Waals surface area contributed by atoms with Crippen molar-refractivity contribution in [1.82, 2.24) is 24.1 Å². The molecule has 42 heavy (non-hydrogen) atoms. The topological polar surface area (TPSA) is 123 Å². The Balaban J connectivity index is 1.65. The van der Waals surface area contributed by atoms with Crippen LogP contribution >= 0.6 is 15.9 Å². The zero-order valence-corrected chi connectivity index (χ0v) is 25.3. The Bertz CT molecular complexity index is 1560. The standard InChI is InChI=1S/C26H31BrF3N7O5/c1-6-17-20(34-9-11-35(12-10-34)24(40)42-25(2,3)4)21(39)37-23(32-22(27)33-37)36(17)14-19(38)31-16-8-7-15(26(28,29)30)13-18(16)41-5/h7-8,13H,6,9-12,14H2,1-5H3,(H,31,38). The number of carbonyl (C=O) groups excluding carboxylic acids is 2. The molecule has 0 bridgehead atoms. The van der Waals surface area contributed by atoms with Crippen LogP contribution in [0, 0.1) is 0 Å². The van der Waals surface area contributed by atoms with E-state index in [1.54, 1.807) is 30.2 Å². The summed E-state index contributed by atoms with van der Waals surface area (Å²) in [6.07, 6.45) is -4.68. The van der Waals surface area contributed by atoms with Crippen molar-refractivity contribution < 1.29 is 32.2 Å². The number of aromatic nitrogens is 4. The monoisotopic (exact) mass is 657 g/mol. The summed E-state index contributed by atoms with van der Waals surface area (Å²) in [6, 6.07) is 2.76. The number of benzene rings is 1. The number of halogens is 4. The van der Waals surface area contributed by atoms with Gasteiger partial charge in [0.05, 0.1) is 24.1 Å². The van der Waals surface area contributed by atoms with Crippen molar-refractivity contribution in [2.24, 2.45) is 0 Å². The van der Waals surface area contributed by atoms with Crippen LogP contribution in [-0.2, 0) is 28.7 Å². The zero-order valence-electron chi connectivity index (χ0n) is 23.7. The van der Waals surface area contributed by atoms with Gasteiger partial charge in [-0.2, -0.15) is 22.7 Å². The van der Waals surface area contributed by atoms with Crippen molar-refractivity contribution in [3.05, 3.63) is 44.5 Å². The van der Waals surface area contributed by atoms with Crippen LogP contribution in [0.2, 0.25) is 0 Å². The summed E-state index contributed by atoms with van der Waals surface area (Å²) in [5.74, 6) is -0.643. The third-order valence-corrected chi connectivity index (χ3v) is 6.82. The Morgan fingerprint density at radius 1 is 1.12 bits per heavy atom. The number of ether oxygens (including phenoxy) is 2. The van der Waals surface area contributed by atoms with Gasteiger partial charge >= 0.3 is 12.3 Å². The molecule has 1 aliphatic rings. The predicted octanol–water partition coefficient (Wildman–Crippen LogP) is 3.94. The Kier molecular flexibility index (Phi) is 8.76. The molecule has 0 radical (unpaired) electrons. The molecule has 1 N–H and O–H groups in total. The molecule has 2 amide bonds. The second-order valence-corrected chi connectivity index (χ2v) is 11.3. The SMILES string of the molecule is CCc1c(N2CCN(C(=O)OC(C)(C)C)CC2)c(=O)n2nc(Br)nc2n1CC(=O)Nc1ccc(C(F)(F)F)cc1OC. The molecule has 0 aliphatic carbocycles. The van der Waals surface area contributed by atoms with Crippen LogP contribution < -0.4 is 20.5 Å². The van der Waals surface area contributed by atoms with Gasteiger partial charge in [-0.05, 0) is 61.3 Å². The van der Waals surface area contributed by atoms with Gasteiger partial charge in [0.25, 0.3) is 5.56 Å². The maximum atomic E-state index is 13.6. The Morgan fingerprint density at radius 3 is 2.36 bits per heavy atom. The van der Waals surface area contributed by atoms with Crippen molar-refractivity contribution in [3.63, 3.8) is 0 Å². The fourth-order valence-electron chi connectivity index (χ4n) is 4.65. The number of piperazine rings is 1. The van der Waals surface area contributed by atoms with E-state index < -0.39 is 34.9 Å².